The Morgan fingerprint density at radius 1 is 0.963 bits per heavy atom. The molecule has 3 rings (SSSR count). The van der Waals surface area contributed by atoms with Gasteiger partial charge in [0.15, 0.2) is 0 Å². The van der Waals surface area contributed by atoms with E-state index in [4.69, 9.17) is 9.47 Å². The van der Waals surface area contributed by atoms with Crippen molar-refractivity contribution in [1.29, 1.82) is 0 Å². The highest BCUT2D eigenvalue weighted by molar-refractivity contribution is 7.89. The standard InChI is InChI=1S/C20H23NO5S/c22-20(26-16-18-4-2-1-3-5-18)11-8-17-6-9-19(10-7-17)27(23,24)21-12-14-25-15-13-21/h1-7,9-10H,8,11-16H2. The molecule has 27 heavy (non-hydrogen) atoms. The van der Waals surface area contributed by atoms with Crippen molar-refractivity contribution in [2.45, 2.75) is 24.3 Å². The van der Waals surface area contributed by atoms with Gasteiger partial charge in [-0.1, -0.05) is 42.5 Å². The molecule has 1 saturated heterocycles. The van der Waals surface area contributed by atoms with Gasteiger partial charge >= 0.3 is 5.97 Å². The summed E-state index contributed by atoms with van der Waals surface area (Å²) in [6.45, 7) is 1.84. The third-order valence-electron chi connectivity index (χ3n) is 4.39. The van der Waals surface area contributed by atoms with Crippen molar-refractivity contribution in [2.24, 2.45) is 0 Å². The Balaban J connectivity index is 1.50. The molecule has 1 heterocycles. The number of hydrogen-bond acceptors (Lipinski definition) is 5. The van der Waals surface area contributed by atoms with Crippen molar-refractivity contribution in [3.8, 4) is 0 Å². The summed E-state index contributed by atoms with van der Waals surface area (Å²) in [7, 11) is -3.49. The molecule has 0 unspecified atom stereocenters. The number of sulfonamides is 1. The van der Waals surface area contributed by atoms with E-state index in [0.717, 1.165) is 11.1 Å². The third-order valence-corrected chi connectivity index (χ3v) is 6.30. The lowest BCUT2D eigenvalue weighted by Crippen LogP contribution is -2.40. The van der Waals surface area contributed by atoms with Gasteiger partial charge in [0.1, 0.15) is 6.61 Å². The van der Waals surface area contributed by atoms with Gasteiger partial charge in [-0.2, -0.15) is 4.31 Å². The minimum absolute atomic E-state index is 0.252. The monoisotopic (exact) mass is 389 g/mol. The van der Waals surface area contributed by atoms with Gasteiger partial charge in [-0.05, 0) is 29.7 Å². The lowest BCUT2D eigenvalue weighted by atomic mass is 10.1. The second-order valence-corrected chi connectivity index (χ2v) is 8.24. The van der Waals surface area contributed by atoms with Crippen LogP contribution in [-0.4, -0.2) is 45.0 Å². The normalized spacial score (nSPS) is 15.4. The first-order valence-electron chi connectivity index (χ1n) is 8.92. The number of hydrogen-bond donors (Lipinski definition) is 0. The molecule has 0 atom stereocenters. The number of carbonyl (C=O) groups excluding carboxylic acids is 1. The molecule has 1 aliphatic rings. The Labute approximate surface area is 159 Å². The van der Waals surface area contributed by atoms with Gasteiger partial charge in [-0.15, -0.1) is 0 Å². The molecule has 2 aromatic rings. The van der Waals surface area contributed by atoms with Crippen LogP contribution in [0.15, 0.2) is 59.5 Å². The number of esters is 1. The number of benzene rings is 2. The Morgan fingerprint density at radius 2 is 1.63 bits per heavy atom. The lowest BCUT2D eigenvalue weighted by molar-refractivity contribution is -0.144. The highest BCUT2D eigenvalue weighted by atomic mass is 32.2. The molecule has 0 amide bonds. The van der Waals surface area contributed by atoms with E-state index in [1.807, 2.05) is 30.3 Å². The molecular formula is C20H23NO5S. The molecular weight excluding hydrogens is 366 g/mol. The first-order chi connectivity index (χ1) is 13.1. The van der Waals surface area contributed by atoms with Gasteiger partial charge in [-0.3, -0.25) is 4.79 Å². The highest BCUT2D eigenvalue weighted by Crippen LogP contribution is 2.18. The van der Waals surface area contributed by atoms with E-state index in [1.165, 1.54) is 4.31 Å². The largest absolute Gasteiger partial charge is 0.461 e. The van der Waals surface area contributed by atoms with E-state index in [-0.39, 0.29) is 23.9 Å². The van der Waals surface area contributed by atoms with Crippen molar-refractivity contribution in [3.05, 3.63) is 65.7 Å². The first kappa shape index (κ1) is 19.5. The minimum Gasteiger partial charge on any atom is -0.461 e. The van der Waals surface area contributed by atoms with E-state index in [2.05, 4.69) is 0 Å². The fraction of sp³-hybridized carbons (Fsp3) is 0.350. The van der Waals surface area contributed by atoms with Gasteiger partial charge in [0.05, 0.1) is 18.1 Å². The van der Waals surface area contributed by atoms with Crippen LogP contribution in [-0.2, 0) is 37.3 Å². The zero-order chi connectivity index (χ0) is 19.1. The van der Waals surface area contributed by atoms with Crippen molar-refractivity contribution < 1.29 is 22.7 Å². The van der Waals surface area contributed by atoms with Gasteiger partial charge in [-0.25, -0.2) is 8.42 Å². The van der Waals surface area contributed by atoms with Crippen LogP contribution in [0.3, 0.4) is 0 Å². The van der Waals surface area contributed by atoms with Crippen molar-refractivity contribution in [1.82, 2.24) is 4.31 Å². The predicted molar refractivity (Wildman–Crippen MR) is 101 cm³/mol. The quantitative estimate of drug-likeness (QED) is 0.680. The van der Waals surface area contributed by atoms with E-state index >= 15 is 0 Å². The number of carbonyl (C=O) groups is 1. The summed E-state index contributed by atoms with van der Waals surface area (Å²) in [5, 5.41) is 0. The topological polar surface area (TPSA) is 72.9 Å². The first-order valence-corrected chi connectivity index (χ1v) is 10.4. The summed E-state index contributed by atoms with van der Waals surface area (Å²) in [5.74, 6) is -0.274. The summed E-state index contributed by atoms with van der Waals surface area (Å²) < 4.78 is 37.1. The fourth-order valence-corrected chi connectivity index (χ4v) is 4.23. The fourth-order valence-electron chi connectivity index (χ4n) is 2.82. The highest BCUT2D eigenvalue weighted by Gasteiger charge is 2.26. The molecule has 0 spiro atoms. The molecule has 7 heteroatoms. The van der Waals surface area contributed by atoms with Gasteiger partial charge in [0, 0.05) is 19.5 Å². The van der Waals surface area contributed by atoms with Crippen LogP contribution < -0.4 is 0 Å². The van der Waals surface area contributed by atoms with Gasteiger partial charge in [0.25, 0.3) is 0 Å². The van der Waals surface area contributed by atoms with Crippen molar-refractivity contribution >= 4 is 16.0 Å². The van der Waals surface area contributed by atoms with Crippen LogP contribution in [0.4, 0.5) is 0 Å². The molecule has 1 fully saturated rings. The maximum Gasteiger partial charge on any atom is 0.306 e. The van der Waals surface area contributed by atoms with Gasteiger partial charge < -0.3 is 9.47 Å². The average molecular weight is 389 g/mol. The Morgan fingerprint density at radius 3 is 2.30 bits per heavy atom. The van der Waals surface area contributed by atoms with E-state index in [0.29, 0.717) is 32.7 Å². The number of nitrogens with zero attached hydrogens (tertiary/aromatic N) is 1. The second-order valence-electron chi connectivity index (χ2n) is 6.31. The van der Waals surface area contributed by atoms with Crippen molar-refractivity contribution in [3.63, 3.8) is 0 Å². The van der Waals surface area contributed by atoms with Crippen LogP contribution in [0.2, 0.25) is 0 Å². The number of aryl methyl sites for hydroxylation is 1. The van der Waals surface area contributed by atoms with E-state index < -0.39 is 10.0 Å². The minimum atomic E-state index is -3.49. The molecule has 0 aromatic heterocycles. The zero-order valence-electron chi connectivity index (χ0n) is 15.0. The van der Waals surface area contributed by atoms with Crippen LogP contribution in [0.1, 0.15) is 17.5 Å². The summed E-state index contributed by atoms with van der Waals surface area (Å²) in [6.07, 6.45) is 0.758. The second kappa shape index (κ2) is 9.12. The molecule has 0 radical (unpaired) electrons. The Kier molecular flexibility index (Phi) is 6.60. The van der Waals surface area contributed by atoms with Crippen LogP contribution in [0.25, 0.3) is 0 Å². The van der Waals surface area contributed by atoms with Crippen LogP contribution in [0.5, 0.6) is 0 Å². The Hall–Kier alpha value is -2.22. The molecule has 0 bridgehead atoms. The van der Waals surface area contributed by atoms with Gasteiger partial charge in [0.2, 0.25) is 10.0 Å². The molecule has 6 nitrogen and oxygen atoms in total. The molecule has 144 valence electrons. The smallest absolute Gasteiger partial charge is 0.306 e. The maximum atomic E-state index is 12.6. The molecule has 0 N–H and O–H groups in total. The van der Waals surface area contributed by atoms with Crippen LogP contribution in [0, 0.1) is 0 Å². The molecule has 2 aromatic carbocycles. The van der Waals surface area contributed by atoms with E-state index in [1.54, 1.807) is 24.3 Å². The zero-order valence-corrected chi connectivity index (χ0v) is 15.9. The molecule has 1 aliphatic heterocycles. The number of morpholine rings is 1. The lowest BCUT2D eigenvalue weighted by Gasteiger charge is -2.26. The summed E-state index contributed by atoms with van der Waals surface area (Å²) >= 11 is 0. The maximum absolute atomic E-state index is 12.6. The third kappa shape index (κ3) is 5.38. The van der Waals surface area contributed by atoms with Crippen molar-refractivity contribution in [2.75, 3.05) is 26.3 Å². The molecule has 0 aliphatic carbocycles. The van der Waals surface area contributed by atoms with Crippen LogP contribution >= 0.6 is 0 Å². The number of rotatable bonds is 7. The SMILES string of the molecule is O=C(CCc1ccc(S(=O)(=O)N2CCOCC2)cc1)OCc1ccccc1. The predicted octanol–water partition coefficient (Wildman–Crippen LogP) is 2.38. The Bertz CT molecular complexity index is 844. The summed E-state index contributed by atoms with van der Waals surface area (Å²) in [6, 6.07) is 16.2. The summed E-state index contributed by atoms with van der Waals surface area (Å²) in [5.41, 5.74) is 1.84. The molecule has 0 saturated carbocycles. The number of ether oxygens (including phenoxy) is 2. The van der Waals surface area contributed by atoms with E-state index in [9.17, 15) is 13.2 Å². The summed E-state index contributed by atoms with van der Waals surface area (Å²) in [4.78, 5) is 12.1. The average Bonchev–Trinajstić information content (AvgIpc) is 2.72.